The van der Waals surface area contributed by atoms with Gasteiger partial charge in [0.05, 0.1) is 0 Å². The summed E-state index contributed by atoms with van der Waals surface area (Å²) in [6.45, 7) is 0. The van der Waals surface area contributed by atoms with Gasteiger partial charge in [-0.3, -0.25) is 0 Å². The predicted octanol–water partition coefficient (Wildman–Crippen LogP) is -5.75. The second-order valence-electron chi connectivity index (χ2n) is 0. The van der Waals surface area contributed by atoms with Crippen molar-refractivity contribution in [2.24, 2.45) is 0 Å². The monoisotopic (exact) mass is 406 g/mol. The maximum absolute atomic E-state index is 0. The average Bonchev–Trinajstić information content (AvgIpc) is 0. The topological polar surface area (TPSA) is 0 Å². The number of rotatable bonds is 0. The van der Waals surface area contributed by atoms with Crippen molar-refractivity contribution in [3.8, 4) is 0 Å². The van der Waals surface area contributed by atoms with E-state index in [9.17, 15) is 0 Å². The van der Waals surface area contributed by atoms with Crippen LogP contribution in [0.5, 0.6) is 0 Å². The van der Waals surface area contributed by atoms with Crippen LogP contribution in [0, 0.1) is 0 Å². The number of halogens is 3. The van der Waals surface area contributed by atoms with E-state index in [1.165, 1.54) is 0 Å². The van der Waals surface area contributed by atoms with Crippen molar-refractivity contribution in [3.63, 3.8) is 0 Å². The molecule has 0 aliphatic carbocycles. The molecule has 0 nitrogen and oxygen atoms in total. The van der Waals surface area contributed by atoms with E-state index in [4.69, 9.17) is 0 Å². The van der Waals surface area contributed by atoms with Gasteiger partial charge in [0.15, 0.2) is 0 Å². The Morgan fingerprint density at radius 1 is 0.750 bits per heavy atom. The summed E-state index contributed by atoms with van der Waals surface area (Å²) < 4.78 is 0. The van der Waals surface area contributed by atoms with Gasteiger partial charge in [0, 0.05) is 0 Å². The smallest absolute Gasteiger partial charge is 1.00 e. The van der Waals surface area contributed by atoms with Crippen LogP contribution in [0.2, 0.25) is 0 Å². The maximum atomic E-state index is 0. The van der Waals surface area contributed by atoms with E-state index in [2.05, 4.69) is 0 Å². The number of hydrogen-bond acceptors (Lipinski definition) is 0. The molecule has 4 heavy (non-hydrogen) atoms. The zero-order valence-electron chi connectivity index (χ0n) is 1.87. The second-order valence-corrected chi connectivity index (χ2v) is 0. The largest absolute Gasteiger partial charge is 2.00 e. The minimum absolute atomic E-state index is 0. The van der Waals surface area contributed by atoms with E-state index in [0.717, 1.165) is 0 Å². The molecule has 0 unspecified atom stereocenters. The van der Waals surface area contributed by atoms with Gasteiger partial charge in [-0.05, 0) is 0 Å². The third kappa shape index (κ3) is 8.88. The Hall–Kier alpha value is 2.96. The van der Waals surface area contributed by atoms with Crippen molar-refractivity contribution in [1.29, 1.82) is 0 Å². The normalized spacial score (nSPS) is 0. The van der Waals surface area contributed by atoms with Gasteiger partial charge < -0.3 is 48.0 Å². The molecule has 0 aliphatic heterocycles. The summed E-state index contributed by atoms with van der Waals surface area (Å²) in [7, 11) is 0. The molecule has 0 aromatic carbocycles. The molecule has 0 bridgehead atoms. The van der Waals surface area contributed by atoms with E-state index >= 15 is 0 Å². The van der Waals surface area contributed by atoms with Crippen LogP contribution in [0.1, 0.15) is 0 Å². The van der Waals surface area contributed by atoms with Gasteiger partial charge in [-0.1, -0.05) is 0 Å². The third-order valence-electron chi connectivity index (χ3n) is 0. The molecular formula is HI3Mg. The van der Waals surface area contributed by atoms with E-state index < -0.39 is 0 Å². The van der Waals surface area contributed by atoms with Crippen molar-refractivity contribution in [3.05, 3.63) is 0 Å². The summed E-state index contributed by atoms with van der Waals surface area (Å²) in [6.07, 6.45) is 0. The van der Waals surface area contributed by atoms with Crippen LogP contribution in [0.15, 0.2) is 0 Å². The van der Waals surface area contributed by atoms with Crippen LogP contribution in [0.25, 0.3) is 0 Å². The Morgan fingerprint density at radius 3 is 0.750 bits per heavy atom. The van der Waals surface area contributed by atoms with Gasteiger partial charge in [0.25, 0.3) is 0 Å². The van der Waals surface area contributed by atoms with Crippen molar-refractivity contribution in [2.75, 3.05) is 0 Å². The fourth-order valence-electron chi connectivity index (χ4n) is 0. The van der Waals surface area contributed by atoms with Crippen LogP contribution >= 0.6 is 24.0 Å². The molecule has 0 N–H and O–H groups in total. The van der Waals surface area contributed by atoms with Crippen LogP contribution in [-0.4, -0.2) is 23.1 Å². The minimum Gasteiger partial charge on any atom is -1.00 e. The first kappa shape index (κ1) is 28.2. The first-order valence-electron chi connectivity index (χ1n) is 0. The Labute approximate surface area is 93.1 Å². The first-order chi connectivity index (χ1) is 0. The van der Waals surface area contributed by atoms with Gasteiger partial charge in [-0.25, -0.2) is 0 Å². The Bertz CT molecular complexity index is 3.25. The van der Waals surface area contributed by atoms with Crippen molar-refractivity contribution in [1.82, 2.24) is 0 Å². The average molecular weight is 406 g/mol. The third-order valence-corrected chi connectivity index (χ3v) is 0. The Morgan fingerprint density at radius 2 is 0.750 bits per heavy atom. The zero-order valence-corrected chi connectivity index (χ0v) is 9.93. The van der Waals surface area contributed by atoms with Crippen molar-refractivity contribution < 1.29 is 48.0 Å². The van der Waals surface area contributed by atoms with Gasteiger partial charge >= 0.3 is 23.1 Å². The molecule has 24 valence electrons. The summed E-state index contributed by atoms with van der Waals surface area (Å²) in [6, 6.07) is 0. The molecule has 0 saturated carbocycles. The predicted molar refractivity (Wildman–Crippen MR) is 21.2 cm³/mol. The van der Waals surface area contributed by atoms with E-state index in [1.54, 1.807) is 0 Å². The molecule has 0 rings (SSSR count). The Balaban J connectivity index is 0. The maximum Gasteiger partial charge on any atom is 2.00 e. The quantitative estimate of drug-likeness (QED) is 0.278. The van der Waals surface area contributed by atoms with Crippen molar-refractivity contribution in [2.45, 2.75) is 0 Å². The molecule has 0 aliphatic rings. The molecule has 4 heteroatoms. The molecule has 0 saturated heterocycles. The molecule has 0 aromatic rings. The van der Waals surface area contributed by atoms with E-state index in [1.807, 2.05) is 0 Å². The molecule has 0 fully saturated rings. The van der Waals surface area contributed by atoms with E-state index in [-0.39, 0.29) is 95.0 Å². The fourth-order valence-corrected chi connectivity index (χ4v) is 0. The van der Waals surface area contributed by atoms with Gasteiger partial charge in [-0.2, -0.15) is 0 Å². The second kappa shape index (κ2) is 16.7. The SMILES string of the molecule is I.[I-].[I-].[Mg+2]. The molecule has 0 amide bonds. The summed E-state index contributed by atoms with van der Waals surface area (Å²) >= 11 is 0. The molecule has 0 radical (unpaired) electrons. The van der Waals surface area contributed by atoms with Gasteiger partial charge in [0.1, 0.15) is 0 Å². The Kier molecular flexibility index (Phi) is 118. The first-order valence-corrected chi connectivity index (χ1v) is 0. The van der Waals surface area contributed by atoms with Gasteiger partial charge in [-0.15, -0.1) is 24.0 Å². The molecular weight excluding hydrogens is 405 g/mol. The molecule has 0 heterocycles. The molecule has 0 aromatic heterocycles. The van der Waals surface area contributed by atoms with Crippen LogP contribution in [0.4, 0.5) is 0 Å². The van der Waals surface area contributed by atoms with Crippen LogP contribution < -0.4 is 48.0 Å². The van der Waals surface area contributed by atoms with Crippen LogP contribution in [-0.2, 0) is 0 Å². The standard InChI is InChI=1S/3HI.Mg/h3*1H;/q;;;+2/p-2. The zero-order chi connectivity index (χ0) is 0. The van der Waals surface area contributed by atoms with E-state index in [0.29, 0.717) is 0 Å². The molecule has 0 spiro atoms. The summed E-state index contributed by atoms with van der Waals surface area (Å²) in [4.78, 5) is 0. The number of hydrogen-bond donors (Lipinski definition) is 0. The minimum atomic E-state index is 0. The summed E-state index contributed by atoms with van der Waals surface area (Å²) in [5.41, 5.74) is 0. The van der Waals surface area contributed by atoms with Crippen molar-refractivity contribution >= 4 is 47.0 Å². The summed E-state index contributed by atoms with van der Waals surface area (Å²) in [5, 5.41) is 0. The van der Waals surface area contributed by atoms with Crippen LogP contribution in [0.3, 0.4) is 0 Å². The fraction of sp³-hybridized carbons (Fsp3) is 0. The van der Waals surface area contributed by atoms with Gasteiger partial charge in [0.2, 0.25) is 0 Å². The molecule has 0 atom stereocenters. The summed E-state index contributed by atoms with van der Waals surface area (Å²) in [5.74, 6) is 0.